The maximum Gasteiger partial charge on any atom is 0.193 e. The van der Waals surface area contributed by atoms with Crippen LogP contribution in [-0.4, -0.2) is 11.7 Å². The summed E-state index contributed by atoms with van der Waals surface area (Å²) in [5.41, 5.74) is 5.83. The summed E-state index contributed by atoms with van der Waals surface area (Å²) in [6, 6.07) is 5.99. The average Bonchev–Trinajstić information content (AvgIpc) is 2.75. The highest BCUT2D eigenvalue weighted by atomic mass is 35.5. The highest BCUT2D eigenvalue weighted by molar-refractivity contribution is 6.28. The second-order valence-corrected chi connectivity index (χ2v) is 4.50. The van der Waals surface area contributed by atoms with Gasteiger partial charge in [-0.2, -0.15) is 0 Å². The lowest BCUT2D eigenvalue weighted by molar-refractivity contribution is 0.122. The van der Waals surface area contributed by atoms with Gasteiger partial charge in [-0.05, 0) is 41.4 Å². The van der Waals surface area contributed by atoms with Crippen LogP contribution >= 0.6 is 11.6 Å². The highest BCUT2D eigenvalue weighted by Gasteiger charge is 2.25. The molecule has 2 atom stereocenters. The summed E-state index contributed by atoms with van der Waals surface area (Å²) in [4.78, 5) is 0. The first kappa shape index (κ1) is 14.0. The minimum atomic E-state index is -1.13. The molecule has 0 aliphatic carbocycles. The van der Waals surface area contributed by atoms with Gasteiger partial charge in [-0.25, -0.2) is 8.78 Å². The monoisotopic (exact) mass is 287 g/mol. The van der Waals surface area contributed by atoms with Gasteiger partial charge in [0.25, 0.3) is 0 Å². The number of nitrogens with two attached hydrogens (primary N) is 1. The summed E-state index contributed by atoms with van der Waals surface area (Å²) in [7, 11) is 0. The van der Waals surface area contributed by atoms with Crippen molar-refractivity contribution in [1.82, 2.24) is 0 Å². The second-order valence-electron chi connectivity index (χ2n) is 4.13. The van der Waals surface area contributed by atoms with Crippen molar-refractivity contribution < 1.29 is 18.3 Å². The Morgan fingerprint density at radius 3 is 2.32 bits per heavy atom. The van der Waals surface area contributed by atoms with Crippen LogP contribution in [0.3, 0.4) is 0 Å². The van der Waals surface area contributed by atoms with E-state index in [1.165, 1.54) is 12.1 Å². The molecule has 3 N–H and O–H groups in total. The third kappa shape index (κ3) is 3.12. The van der Waals surface area contributed by atoms with Gasteiger partial charge in [0, 0.05) is 18.5 Å². The molecule has 19 heavy (non-hydrogen) atoms. The number of aliphatic hydroxyl groups is 1. The van der Waals surface area contributed by atoms with Gasteiger partial charge in [0.15, 0.2) is 5.22 Å². The number of rotatable bonds is 4. The molecule has 0 bridgehead atoms. The Morgan fingerprint density at radius 2 is 1.84 bits per heavy atom. The number of hydrogen-bond acceptors (Lipinski definition) is 3. The lowest BCUT2D eigenvalue weighted by Crippen LogP contribution is -2.20. The molecule has 1 aromatic carbocycles. The lowest BCUT2D eigenvalue weighted by atomic mass is 9.92. The minimum Gasteiger partial charge on any atom is -0.447 e. The van der Waals surface area contributed by atoms with Gasteiger partial charge in [-0.1, -0.05) is 0 Å². The molecule has 6 heteroatoms. The molecule has 2 rings (SSSR count). The number of halogens is 3. The van der Waals surface area contributed by atoms with Crippen molar-refractivity contribution in [2.24, 2.45) is 5.73 Å². The molecule has 3 nitrogen and oxygen atoms in total. The van der Waals surface area contributed by atoms with Crippen molar-refractivity contribution >= 4 is 11.6 Å². The van der Waals surface area contributed by atoms with Crippen molar-refractivity contribution in [2.75, 3.05) is 6.54 Å². The second kappa shape index (κ2) is 5.69. The van der Waals surface area contributed by atoms with Crippen LogP contribution < -0.4 is 5.73 Å². The van der Waals surface area contributed by atoms with Crippen molar-refractivity contribution in [3.05, 3.63) is 58.5 Å². The predicted molar refractivity (Wildman–Crippen MR) is 66.8 cm³/mol. The molecule has 2 unspecified atom stereocenters. The van der Waals surface area contributed by atoms with Crippen LogP contribution in [0.1, 0.15) is 23.3 Å². The Labute approximate surface area is 113 Å². The molecular formula is C13H12ClF2NO2. The van der Waals surface area contributed by atoms with Crippen LogP contribution in [0.4, 0.5) is 8.78 Å². The van der Waals surface area contributed by atoms with E-state index in [9.17, 15) is 13.9 Å². The van der Waals surface area contributed by atoms with Crippen LogP contribution in [0, 0.1) is 11.6 Å². The van der Waals surface area contributed by atoms with Gasteiger partial charge < -0.3 is 15.3 Å². The van der Waals surface area contributed by atoms with Crippen LogP contribution in [0.5, 0.6) is 0 Å². The first-order valence-corrected chi connectivity index (χ1v) is 5.98. The normalized spacial score (nSPS) is 14.4. The molecule has 0 radical (unpaired) electrons. The summed E-state index contributed by atoms with van der Waals surface area (Å²) < 4.78 is 31.5. The molecule has 102 valence electrons. The lowest BCUT2D eigenvalue weighted by Gasteiger charge is -2.20. The van der Waals surface area contributed by atoms with Crippen molar-refractivity contribution in [2.45, 2.75) is 12.0 Å². The van der Waals surface area contributed by atoms with E-state index in [1.807, 2.05) is 0 Å². The smallest absolute Gasteiger partial charge is 0.193 e. The zero-order valence-electron chi connectivity index (χ0n) is 9.82. The van der Waals surface area contributed by atoms with Crippen LogP contribution in [-0.2, 0) is 0 Å². The van der Waals surface area contributed by atoms with Crippen molar-refractivity contribution in [1.29, 1.82) is 0 Å². The van der Waals surface area contributed by atoms with E-state index in [2.05, 4.69) is 0 Å². The molecule has 0 saturated heterocycles. The quantitative estimate of drug-likeness (QED) is 0.909. The summed E-state index contributed by atoms with van der Waals surface area (Å²) in [5.74, 6) is -1.94. The van der Waals surface area contributed by atoms with Gasteiger partial charge in [-0.3, -0.25) is 0 Å². The molecule has 1 aromatic heterocycles. The molecule has 0 fully saturated rings. The fraction of sp³-hybridized carbons (Fsp3) is 0.231. The van der Waals surface area contributed by atoms with Gasteiger partial charge in [0.05, 0.1) is 0 Å². The predicted octanol–water partition coefficient (Wildman–Crippen LogP) is 2.99. The topological polar surface area (TPSA) is 59.4 Å². The summed E-state index contributed by atoms with van der Waals surface area (Å²) in [6.45, 7) is 0.00236. The SMILES string of the molecule is NCC(c1cc(F)cc(F)c1)C(O)c1ccc(Cl)o1. The molecule has 0 amide bonds. The van der Waals surface area contributed by atoms with Gasteiger partial charge in [0.2, 0.25) is 0 Å². The Bertz CT molecular complexity index is 553. The first-order valence-electron chi connectivity index (χ1n) is 5.60. The molecule has 0 aliphatic heterocycles. The van der Waals surface area contributed by atoms with Crippen LogP contribution in [0.2, 0.25) is 5.22 Å². The van der Waals surface area contributed by atoms with E-state index in [1.54, 1.807) is 0 Å². The van der Waals surface area contributed by atoms with E-state index in [4.69, 9.17) is 21.8 Å². The summed E-state index contributed by atoms with van der Waals surface area (Å²) in [5, 5.41) is 10.3. The molecule has 2 aromatic rings. The van der Waals surface area contributed by atoms with E-state index < -0.39 is 23.7 Å². The summed E-state index contributed by atoms with van der Waals surface area (Å²) in [6.07, 6.45) is -1.13. The van der Waals surface area contributed by atoms with E-state index in [0.29, 0.717) is 0 Å². The zero-order chi connectivity index (χ0) is 14.0. The largest absolute Gasteiger partial charge is 0.447 e. The van der Waals surface area contributed by atoms with E-state index in [-0.39, 0.29) is 23.1 Å². The first-order chi connectivity index (χ1) is 9.01. The van der Waals surface area contributed by atoms with Crippen LogP contribution in [0.25, 0.3) is 0 Å². The standard InChI is InChI=1S/C13H12ClF2NO2/c14-12-2-1-11(19-12)13(18)10(6-17)7-3-8(15)5-9(16)4-7/h1-5,10,13,18H,6,17H2. The van der Waals surface area contributed by atoms with E-state index >= 15 is 0 Å². The molecule has 0 aliphatic rings. The van der Waals surface area contributed by atoms with Gasteiger partial charge in [0.1, 0.15) is 23.5 Å². The fourth-order valence-electron chi connectivity index (χ4n) is 1.92. The summed E-state index contributed by atoms with van der Waals surface area (Å²) >= 11 is 5.62. The highest BCUT2D eigenvalue weighted by Crippen LogP contribution is 2.32. The van der Waals surface area contributed by atoms with Crippen molar-refractivity contribution in [3.8, 4) is 0 Å². The maximum atomic E-state index is 13.2. The van der Waals surface area contributed by atoms with E-state index in [0.717, 1.165) is 18.2 Å². The number of hydrogen-bond donors (Lipinski definition) is 2. The Balaban J connectivity index is 2.33. The number of benzene rings is 1. The fourth-order valence-corrected chi connectivity index (χ4v) is 2.07. The third-order valence-electron chi connectivity index (χ3n) is 2.83. The molecular weight excluding hydrogens is 276 g/mol. The van der Waals surface area contributed by atoms with Gasteiger partial charge >= 0.3 is 0 Å². The number of furan rings is 1. The molecule has 1 heterocycles. The number of aliphatic hydroxyl groups excluding tert-OH is 1. The Hall–Kier alpha value is -1.43. The van der Waals surface area contributed by atoms with Crippen molar-refractivity contribution in [3.63, 3.8) is 0 Å². The van der Waals surface area contributed by atoms with Crippen LogP contribution in [0.15, 0.2) is 34.7 Å². The molecule has 0 saturated carbocycles. The molecule has 0 spiro atoms. The minimum absolute atomic E-state index is 0.00236. The maximum absolute atomic E-state index is 13.2. The van der Waals surface area contributed by atoms with Gasteiger partial charge in [-0.15, -0.1) is 0 Å². The average molecular weight is 288 g/mol. The Morgan fingerprint density at radius 1 is 1.21 bits per heavy atom. The Kier molecular flexibility index (Phi) is 4.19. The zero-order valence-corrected chi connectivity index (χ0v) is 10.6. The third-order valence-corrected chi connectivity index (χ3v) is 3.04.